The van der Waals surface area contributed by atoms with Crippen molar-refractivity contribution in [3.05, 3.63) is 83.4 Å². The number of carbonyl (C=O) groups is 1. The van der Waals surface area contributed by atoms with Crippen molar-refractivity contribution in [3.63, 3.8) is 0 Å². The summed E-state index contributed by atoms with van der Waals surface area (Å²) in [4.78, 5) is 23.3. The molecule has 0 aliphatic heterocycles. The van der Waals surface area contributed by atoms with Gasteiger partial charge in [-0.25, -0.2) is 17.8 Å². The van der Waals surface area contributed by atoms with E-state index in [4.69, 9.17) is 11.6 Å². The van der Waals surface area contributed by atoms with Crippen LogP contribution < -0.4 is 4.90 Å². The molecule has 4 aromatic rings. The van der Waals surface area contributed by atoms with Crippen molar-refractivity contribution in [2.24, 2.45) is 0 Å². The lowest BCUT2D eigenvalue weighted by atomic mass is 10.2. The summed E-state index contributed by atoms with van der Waals surface area (Å²) in [6.45, 7) is 0.244. The van der Waals surface area contributed by atoms with Crippen LogP contribution in [0.1, 0.15) is 18.4 Å². The number of carbonyl (C=O) groups excluding carboxylic acids is 1. The first-order valence-electron chi connectivity index (χ1n) is 10.1. The van der Waals surface area contributed by atoms with Gasteiger partial charge in [0.15, 0.2) is 15.0 Å². The minimum Gasteiger partial charge on any atom is -0.284 e. The van der Waals surface area contributed by atoms with Crippen LogP contribution in [0.25, 0.3) is 10.2 Å². The summed E-state index contributed by atoms with van der Waals surface area (Å²) in [5.41, 5.74) is 1.44. The molecule has 0 N–H and O–H groups in total. The molecule has 0 spiro atoms. The third-order valence-corrected chi connectivity index (χ3v) is 8.05. The van der Waals surface area contributed by atoms with Gasteiger partial charge in [0.25, 0.3) is 0 Å². The van der Waals surface area contributed by atoms with Gasteiger partial charge in [0.2, 0.25) is 5.91 Å². The summed E-state index contributed by atoms with van der Waals surface area (Å²) in [6, 6.07) is 13.8. The van der Waals surface area contributed by atoms with E-state index in [1.807, 2.05) is 0 Å². The maximum atomic E-state index is 13.6. The Kier molecular flexibility index (Phi) is 7.02. The molecule has 33 heavy (non-hydrogen) atoms. The van der Waals surface area contributed by atoms with Crippen LogP contribution in [0.4, 0.5) is 9.52 Å². The highest BCUT2D eigenvalue weighted by atomic mass is 35.5. The van der Waals surface area contributed by atoms with Crippen molar-refractivity contribution >= 4 is 54.0 Å². The van der Waals surface area contributed by atoms with E-state index in [1.165, 1.54) is 52.6 Å². The highest BCUT2D eigenvalue weighted by Crippen LogP contribution is 2.31. The summed E-state index contributed by atoms with van der Waals surface area (Å²) >= 11 is 7.04. The van der Waals surface area contributed by atoms with Gasteiger partial charge in [-0.3, -0.25) is 14.7 Å². The van der Waals surface area contributed by atoms with Crippen molar-refractivity contribution in [1.29, 1.82) is 0 Å². The van der Waals surface area contributed by atoms with Crippen LogP contribution in [-0.4, -0.2) is 30.0 Å². The van der Waals surface area contributed by atoms with Gasteiger partial charge in [-0.15, -0.1) is 0 Å². The first kappa shape index (κ1) is 23.3. The van der Waals surface area contributed by atoms with E-state index in [-0.39, 0.29) is 41.8 Å². The molecule has 0 aliphatic carbocycles. The summed E-state index contributed by atoms with van der Waals surface area (Å²) in [5.74, 6) is -0.816. The minimum absolute atomic E-state index is 0.0161. The molecule has 0 unspecified atom stereocenters. The minimum atomic E-state index is -3.54. The Labute approximate surface area is 199 Å². The lowest BCUT2D eigenvalue weighted by Crippen LogP contribution is -2.30. The van der Waals surface area contributed by atoms with Crippen molar-refractivity contribution < 1.29 is 17.6 Å². The number of pyridine rings is 1. The van der Waals surface area contributed by atoms with E-state index >= 15 is 0 Å². The number of hydrogen-bond acceptors (Lipinski definition) is 6. The molecular formula is C23H19ClFN3O3S2. The first-order valence-corrected chi connectivity index (χ1v) is 12.9. The molecule has 6 nitrogen and oxygen atoms in total. The predicted molar refractivity (Wildman–Crippen MR) is 128 cm³/mol. The second-order valence-electron chi connectivity index (χ2n) is 7.32. The van der Waals surface area contributed by atoms with Crippen LogP contribution in [0.15, 0.2) is 71.9 Å². The number of anilines is 1. The summed E-state index contributed by atoms with van der Waals surface area (Å²) in [5, 5.41) is 0.879. The monoisotopic (exact) mass is 503 g/mol. The number of amides is 1. The first-order chi connectivity index (χ1) is 15.8. The third-order valence-electron chi connectivity index (χ3n) is 4.94. The molecule has 2 heterocycles. The predicted octanol–water partition coefficient (Wildman–Crippen LogP) is 5.27. The Morgan fingerprint density at radius 2 is 1.79 bits per heavy atom. The van der Waals surface area contributed by atoms with Crippen LogP contribution in [0, 0.1) is 5.82 Å². The number of aromatic nitrogens is 2. The van der Waals surface area contributed by atoms with Crippen LogP contribution in [0.5, 0.6) is 0 Å². The fraction of sp³-hybridized carbons (Fsp3) is 0.174. The molecule has 0 bridgehead atoms. The van der Waals surface area contributed by atoms with Crippen molar-refractivity contribution in [1.82, 2.24) is 9.97 Å². The molecule has 0 saturated heterocycles. The summed E-state index contributed by atoms with van der Waals surface area (Å²) in [7, 11) is -3.54. The molecule has 2 aromatic carbocycles. The Morgan fingerprint density at radius 1 is 1.06 bits per heavy atom. The molecule has 1 amide bonds. The molecule has 10 heteroatoms. The van der Waals surface area contributed by atoms with Gasteiger partial charge in [-0.05, 0) is 66.6 Å². The van der Waals surface area contributed by atoms with Gasteiger partial charge < -0.3 is 0 Å². The number of fused-ring (bicyclic) bond motifs is 1. The van der Waals surface area contributed by atoms with Crippen LogP contribution in [0.2, 0.25) is 5.02 Å². The maximum Gasteiger partial charge on any atom is 0.229 e. The number of hydrogen-bond donors (Lipinski definition) is 0. The van der Waals surface area contributed by atoms with Gasteiger partial charge in [-0.2, -0.15) is 0 Å². The SMILES string of the molecule is O=C(CCCS(=O)(=O)c1ccc(Cl)cc1)N(Cc1ccncc1)c1nc2ccc(F)cc2s1. The zero-order valence-electron chi connectivity index (χ0n) is 17.3. The molecule has 170 valence electrons. The third kappa shape index (κ3) is 5.73. The quantitative estimate of drug-likeness (QED) is 0.327. The van der Waals surface area contributed by atoms with E-state index in [9.17, 15) is 17.6 Å². The van der Waals surface area contributed by atoms with E-state index < -0.39 is 9.84 Å². The van der Waals surface area contributed by atoms with Crippen LogP contribution in [0.3, 0.4) is 0 Å². The summed E-state index contributed by atoms with van der Waals surface area (Å²) < 4.78 is 39.4. The molecule has 0 aliphatic rings. The average molecular weight is 504 g/mol. The standard InChI is InChI=1S/C23H19ClFN3O3S2/c24-17-3-6-19(7-4-17)33(30,31)13-1-2-22(29)28(15-16-9-11-26-12-10-16)23-27-20-8-5-18(25)14-21(20)32-23/h3-12,14H,1-2,13,15H2. The van der Waals surface area contributed by atoms with E-state index in [1.54, 1.807) is 30.6 Å². The Hall–Kier alpha value is -2.88. The number of thiazole rings is 1. The van der Waals surface area contributed by atoms with Crippen LogP contribution >= 0.6 is 22.9 Å². The highest BCUT2D eigenvalue weighted by Gasteiger charge is 2.22. The second kappa shape index (κ2) is 9.94. The molecule has 0 fully saturated rings. The van der Waals surface area contributed by atoms with Crippen LogP contribution in [-0.2, 0) is 21.2 Å². The Morgan fingerprint density at radius 3 is 2.52 bits per heavy atom. The normalized spacial score (nSPS) is 11.6. The van der Waals surface area contributed by atoms with Crippen molar-refractivity contribution in [2.45, 2.75) is 24.3 Å². The zero-order valence-corrected chi connectivity index (χ0v) is 19.7. The molecule has 2 aromatic heterocycles. The maximum absolute atomic E-state index is 13.6. The van der Waals surface area contributed by atoms with Gasteiger partial charge in [-0.1, -0.05) is 22.9 Å². The zero-order chi connectivity index (χ0) is 23.4. The van der Waals surface area contributed by atoms with Gasteiger partial charge in [0.1, 0.15) is 5.82 Å². The molecule has 0 atom stereocenters. The molecule has 4 rings (SSSR count). The van der Waals surface area contributed by atoms with E-state index in [2.05, 4.69) is 9.97 Å². The Balaban J connectivity index is 1.52. The number of nitrogens with zero attached hydrogens (tertiary/aromatic N) is 3. The summed E-state index contributed by atoms with van der Waals surface area (Å²) in [6.07, 6.45) is 3.42. The lowest BCUT2D eigenvalue weighted by Gasteiger charge is -2.20. The van der Waals surface area contributed by atoms with Gasteiger partial charge >= 0.3 is 0 Å². The average Bonchev–Trinajstić information content (AvgIpc) is 3.21. The Bertz CT molecular complexity index is 1380. The second-order valence-corrected chi connectivity index (χ2v) is 10.9. The van der Waals surface area contributed by atoms with E-state index in [0.717, 1.165) is 5.56 Å². The lowest BCUT2D eigenvalue weighted by molar-refractivity contribution is -0.118. The van der Waals surface area contributed by atoms with Crippen molar-refractivity contribution in [2.75, 3.05) is 10.7 Å². The topological polar surface area (TPSA) is 80.2 Å². The largest absolute Gasteiger partial charge is 0.284 e. The number of sulfone groups is 1. The molecule has 0 radical (unpaired) electrons. The molecular weight excluding hydrogens is 485 g/mol. The number of benzene rings is 2. The van der Waals surface area contributed by atoms with E-state index in [0.29, 0.717) is 20.4 Å². The van der Waals surface area contributed by atoms with Gasteiger partial charge in [0, 0.05) is 23.8 Å². The number of rotatable bonds is 8. The van der Waals surface area contributed by atoms with Gasteiger partial charge in [0.05, 0.1) is 27.4 Å². The smallest absolute Gasteiger partial charge is 0.229 e. The highest BCUT2D eigenvalue weighted by molar-refractivity contribution is 7.91. The fourth-order valence-corrected chi connectivity index (χ4v) is 5.69. The van der Waals surface area contributed by atoms with Crippen molar-refractivity contribution in [3.8, 4) is 0 Å². The fourth-order valence-electron chi connectivity index (χ4n) is 3.24. The number of halogens is 2. The molecule has 0 saturated carbocycles.